The van der Waals surface area contributed by atoms with Crippen LogP contribution in [0.2, 0.25) is 5.02 Å². The molecule has 0 saturated carbocycles. The van der Waals surface area contributed by atoms with E-state index in [0.29, 0.717) is 30.8 Å². The third-order valence-corrected chi connectivity index (χ3v) is 12.0. The third-order valence-electron chi connectivity index (χ3n) is 11.8. The second-order valence-electron chi connectivity index (χ2n) is 16.0. The van der Waals surface area contributed by atoms with Crippen molar-refractivity contribution >= 4 is 54.3 Å². The Bertz CT molecular complexity index is 1640. The Kier molecular flexibility index (Phi) is 20.7. The van der Waals surface area contributed by atoms with Gasteiger partial charge in [0, 0.05) is 50.1 Å². The van der Waals surface area contributed by atoms with E-state index in [-0.39, 0.29) is 79.9 Å². The Hall–Kier alpha value is -2.96. The number of rotatable bonds is 14. The van der Waals surface area contributed by atoms with Gasteiger partial charge in [-0.2, -0.15) is 0 Å². The van der Waals surface area contributed by atoms with E-state index in [0.717, 1.165) is 63.4 Å². The van der Waals surface area contributed by atoms with E-state index in [1.165, 1.54) is 16.7 Å². The van der Waals surface area contributed by atoms with Crippen molar-refractivity contribution in [1.29, 1.82) is 0 Å². The molecule has 58 heavy (non-hydrogen) atoms. The van der Waals surface area contributed by atoms with E-state index in [4.69, 9.17) is 30.9 Å². The number of carboxylic acids is 1. The van der Waals surface area contributed by atoms with Gasteiger partial charge in [0.2, 0.25) is 0 Å². The molecule has 9 atom stereocenters. The molecule has 2 aliphatic heterocycles. The molecule has 2 heterocycles. The minimum atomic E-state index is -0.923. The molecule has 2 saturated heterocycles. The van der Waals surface area contributed by atoms with Crippen molar-refractivity contribution in [2.45, 2.75) is 90.6 Å². The quantitative estimate of drug-likeness (QED) is 0.142. The number of allylic oxidation sites excluding steroid dienone is 3. The van der Waals surface area contributed by atoms with Gasteiger partial charge in [-0.25, -0.2) is 4.79 Å². The summed E-state index contributed by atoms with van der Waals surface area (Å²) in [5, 5.41) is 19.3. The summed E-state index contributed by atoms with van der Waals surface area (Å²) >= 11 is 6.08. The zero-order valence-corrected chi connectivity index (χ0v) is 36.6. The highest BCUT2D eigenvalue weighted by molar-refractivity contribution is 6.30. The molecule has 2 aliphatic carbocycles. The number of aliphatic carboxylic acids is 1. The van der Waals surface area contributed by atoms with Crippen LogP contribution >= 0.6 is 36.4 Å². The average Bonchev–Trinajstić information content (AvgIpc) is 3.17. The summed E-state index contributed by atoms with van der Waals surface area (Å²) in [5.74, 6) is -0.168. The van der Waals surface area contributed by atoms with Crippen LogP contribution in [0.3, 0.4) is 0 Å². The second-order valence-corrected chi connectivity index (χ2v) is 16.5. The molecule has 2 aromatic rings. The molecule has 0 spiro atoms. The van der Waals surface area contributed by atoms with Crippen molar-refractivity contribution in [3.8, 4) is 0 Å². The smallest absolute Gasteiger partial charge is 0.329 e. The van der Waals surface area contributed by atoms with Crippen molar-refractivity contribution < 1.29 is 38.8 Å². The van der Waals surface area contributed by atoms with Crippen LogP contribution in [-0.2, 0) is 28.6 Å². The molecule has 2 fully saturated rings. The van der Waals surface area contributed by atoms with Crippen LogP contribution in [0.4, 0.5) is 0 Å². The normalized spacial score (nSPS) is 26.8. The summed E-state index contributed by atoms with van der Waals surface area (Å²) in [6.45, 7) is 13.1. The topological polar surface area (TPSA) is 126 Å². The van der Waals surface area contributed by atoms with Gasteiger partial charge in [-0.15, -0.1) is 24.8 Å². The fraction of sp³-hybridized carbons (Fsp3) is 0.578. The molecule has 0 amide bonds. The van der Waals surface area contributed by atoms with Gasteiger partial charge in [-0.1, -0.05) is 100.0 Å². The zero-order chi connectivity index (χ0) is 40.2. The number of esters is 2. The molecule has 0 bridgehead atoms. The number of fused-ring (bicyclic) bond motifs is 1. The largest absolute Gasteiger partial charge is 0.480 e. The number of halogens is 3. The Morgan fingerprint density at radius 1 is 0.966 bits per heavy atom. The van der Waals surface area contributed by atoms with Crippen molar-refractivity contribution in [1.82, 2.24) is 9.80 Å². The number of cyclic esters (lactones) is 1. The molecular weight excluding hydrogens is 803 g/mol. The summed E-state index contributed by atoms with van der Waals surface area (Å²) in [4.78, 5) is 39.5. The summed E-state index contributed by atoms with van der Waals surface area (Å²) in [6.07, 6.45) is 9.70. The van der Waals surface area contributed by atoms with Gasteiger partial charge in [-0.3, -0.25) is 19.4 Å². The number of carboxylic acid groups (broad SMARTS) is 1. The van der Waals surface area contributed by atoms with Crippen molar-refractivity contribution in [2.75, 3.05) is 45.9 Å². The van der Waals surface area contributed by atoms with Crippen molar-refractivity contribution in [3.05, 3.63) is 94.5 Å². The van der Waals surface area contributed by atoms with Crippen molar-refractivity contribution in [2.24, 2.45) is 29.6 Å². The highest BCUT2D eigenvalue weighted by Gasteiger charge is 2.42. The highest BCUT2D eigenvalue weighted by atomic mass is 35.5. The predicted molar refractivity (Wildman–Crippen MR) is 232 cm³/mol. The second kappa shape index (κ2) is 24.3. The SMILES string of the molecule is CC[C@H](C)C(=O)O[C@H]1C[C@@H](C)C=C2C=C[C@H](C)[C@H](CC[C@@H]3C[C@@H](O)CC(=O)O3)[C@H]21.Cl.Cl.O=C(O)COCCN1CCN(C(c2ccccc2)c2ccc(Cl)cc2)CC1. The summed E-state index contributed by atoms with van der Waals surface area (Å²) < 4.78 is 16.7. The van der Waals surface area contributed by atoms with Crippen LogP contribution in [0.25, 0.3) is 0 Å². The average molecular weight is 866 g/mol. The lowest BCUT2D eigenvalue weighted by atomic mass is 9.65. The molecule has 2 aromatic carbocycles. The first-order valence-electron chi connectivity index (χ1n) is 20.5. The number of ether oxygens (including phenoxy) is 3. The van der Waals surface area contributed by atoms with Gasteiger partial charge in [-0.05, 0) is 72.3 Å². The first kappa shape index (κ1) is 49.4. The molecule has 4 aliphatic rings. The number of carbonyl (C=O) groups excluding carboxylic acids is 2. The van der Waals surface area contributed by atoms with E-state index in [1.54, 1.807) is 0 Å². The summed E-state index contributed by atoms with van der Waals surface area (Å²) in [5.41, 5.74) is 3.79. The number of aliphatic hydroxyl groups is 1. The monoisotopic (exact) mass is 864 g/mol. The lowest BCUT2D eigenvalue weighted by Gasteiger charge is -2.43. The van der Waals surface area contributed by atoms with Crippen LogP contribution in [0.15, 0.2) is 78.4 Å². The first-order chi connectivity index (χ1) is 26.9. The number of benzene rings is 2. The van der Waals surface area contributed by atoms with Crippen molar-refractivity contribution in [3.63, 3.8) is 0 Å². The van der Waals surface area contributed by atoms with Gasteiger partial charge < -0.3 is 24.4 Å². The van der Waals surface area contributed by atoms with E-state index in [9.17, 15) is 19.5 Å². The maximum atomic E-state index is 12.5. The van der Waals surface area contributed by atoms with E-state index in [1.807, 2.05) is 32.0 Å². The molecular formula is C45H63Cl3N2O8. The van der Waals surface area contributed by atoms with Crippen LogP contribution in [0, 0.1) is 29.6 Å². The fourth-order valence-corrected chi connectivity index (χ4v) is 8.69. The first-order valence-corrected chi connectivity index (χ1v) is 20.8. The summed E-state index contributed by atoms with van der Waals surface area (Å²) in [7, 11) is 0. The number of nitrogens with zero attached hydrogens (tertiary/aromatic N) is 2. The van der Waals surface area contributed by atoms with Gasteiger partial charge in [0.05, 0.1) is 31.1 Å². The Labute approximate surface area is 362 Å². The number of hydrogen-bond acceptors (Lipinski definition) is 9. The molecule has 322 valence electrons. The lowest BCUT2D eigenvalue weighted by Crippen LogP contribution is -2.48. The summed E-state index contributed by atoms with van der Waals surface area (Å²) in [6, 6.07) is 18.8. The molecule has 6 rings (SSSR count). The van der Waals surface area contributed by atoms with Crippen LogP contribution < -0.4 is 0 Å². The molecule has 0 aromatic heterocycles. The molecule has 13 heteroatoms. The van der Waals surface area contributed by atoms with Crippen LogP contribution in [0.5, 0.6) is 0 Å². The Balaban J connectivity index is 0.000000301. The minimum absolute atomic E-state index is 0. The van der Waals surface area contributed by atoms with Gasteiger partial charge >= 0.3 is 17.9 Å². The van der Waals surface area contributed by atoms with E-state index in [2.05, 4.69) is 78.3 Å². The Morgan fingerprint density at radius 2 is 1.64 bits per heavy atom. The zero-order valence-electron chi connectivity index (χ0n) is 34.2. The number of piperazine rings is 1. The van der Waals surface area contributed by atoms with E-state index >= 15 is 0 Å². The molecule has 2 N–H and O–H groups in total. The number of hydrogen-bond donors (Lipinski definition) is 2. The number of carbonyl (C=O) groups is 3. The van der Waals surface area contributed by atoms with Gasteiger partial charge in [0.1, 0.15) is 18.8 Å². The van der Waals surface area contributed by atoms with Crippen LogP contribution in [0.1, 0.15) is 83.4 Å². The lowest BCUT2D eigenvalue weighted by molar-refractivity contribution is -0.162. The van der Waals surface area contributed by atoms with Gasteiger partial charge in [0.15, 0.2) is 0 Å². The predicted octanol–water partition coefficient (Wildman–Crippen LogP) is 8.19. The highest BCUT2D eigenvalue weighted by Crippen LogP contribution is 2.45. The maximum Gasteiger partial charge on any atom is 0.329 e. The van der Waals surface area contributed by atoms with Crippen LogP contribution in [-0.4, -0.2) is 102 Å². The molecule has 0 radical (unpaired) electrons. The fourth-order valence-electron chi connectivity index (χ4n) is 8.56. The number of aliphatic hydroxyl groups excluding tert-OH is 1. The standard InChI is InChI=1S/C24H36O5.C21H25ClN2O3.2ClH/c1-5-15(3)24(27)29-21-11-14(2)10-17-7-6-16(4)20(23(17)21)9-8-19-12-18(25)13-22(26)28-19;22-19-8-6-18(7-9-19)21(17-4-2-1-3-5-17)24-12-10-23(11-13-24)14-15-27-16-20(25)26;;/h6-7,10,14-16,18-21,23,25H,5,8-9,11-13H2,1-4H3;1-9,21H,10-16H2,(H,25,26);2*1H/t14-,15-,16-,18+,19+,20-,21-,23-;;;/m0.../s1. The molecule has 10 nitrogen and oxygen atoms in total. The van der Waals surface area contributed by atoms with Gasteiger partial charge in [0.25, 0.3) is 0 Å². The minimum Gasteiger partial charge on any atom is -0.480 e. The van der Waals surface area contributed by atoms with E-state index < -0.39 is 12.1 Å². The third kappa shape index (κ3) is 14.4. The Morgan fingerprint density at radius 3 is 2.28 bits per heavy atom. The molecule has 1 unspecified atom stereocenters. The maximum absolute atomic E-state index is 12.5.